The lowest BCUT2D eigenvalue weighted by Gasteiger charge is -2.11. The maximum absolute atomic E-state index is 13.2. The minimum absolute atomic E-state index is 0.215. The number of benzene rings is 2. The number of amides is 1. The molecule has 0 fully saturated rings. The second-order valence-electron chi connectivity index (χ2n) is 7.18. The summed E-state index contributed by atoms with van der Waals surface area (Å²) in [4.78, 5) is 16.9. The average Bonchev–Trinajstić information content (AvgIpc) is 3.24. The lowest BCUT2D eigenvalue weighted by atomic mass is 10.2. The van der Waals surface area contributed by atoms with Crippen molar-refractivity contribution in [3.05, 3.63) is 77.9 Å². The molecule has 2 aromatic carbocycles. The van der Waals surface area contributed by atoms with Gasteiger partial charge in [-0.3, -0.25) is 4.79 Å². The third-order valence-corrected chi connectivity index (χ3v) is 5.00. The highest BCUT2D eigenvalue weighted by molar-refractivity contribution is 5.96. The van der Waals surface area contributed by atoms with Crippen LogP contribution in [-0.4, -0.2) is 48.0 Å². The maximum atomic E-state index is 13.2. The van der Waals surface area contributed by atoms with Crippen molar-refractivity contribution in [2.75, 3.05) is 27.4 Å². The third kappa shape index (κ3) is 5.20. The summed E-state index contributed by atoms with van der Waals surface area (Å²) in [6.45, 7) is 0.934. The Kier molecular flexibility index (Phi) is 6.68. The Bertz CT molecular complexity index is 1270. The fraction of sp³-hybridized carbons (Fsp3) is 0.208. The molecule has 0 unspecified atom stereocenters. The highest BCUT2D eigenvalue weighted by atomic mass is 19.1. The number of halogens is 1. The van der Waals surface area contributed by atoms with E-state index in [0.717, 1.165) is 10.9 Å². The molecular formula is C24H23FN4O4. The van der Waals surface area contributed by atoms with Crippen molar-refractivity contribution in [3.8, 4) is 17.2 Å². The minimum atomic E-state index is -0.373. The van der Waals surface area contributed by atoms with Crippen LogP contribution < -0.4 is 19.5 Å². The van der Waals surface area contributed by atoms with E-state index in [1.54, 1.807) is 43.3 Å². The van der Waals surface area contributed by atoms with Gasteiger partial charge in [0, 0.05) is 29.3 Å². The summed E-state index contributed by atoms with van der Waals surface area (Å²) < 4.78 is 31.0. The van der Waals surface area contributed by atoms with E-state index in [-0.39, 0.29) is 24.9 Å². The number of carbonyl (C=O) groups excluding carboxylic acids is 1. The summed E-state index contributed by atoms with van der Waals surface area (Å²) in [5.74, 6) is 1.15. The largest absolute Gasteiger partial charge is 0.497 e. The SMILES string of the molecule is COc1ccc(Cn2ncc3cc(C(=O)NCCOc4cccc(F)c4)cnc32)c(OC)c1. The number of rotatable bonds is 9. The van der Waals surface area contributed by atoms with Gasteiger partial charge in [0.1, 0.15) is 29.7 Å². The predicted molar refractivity (Wildman–Crippen MR) is 120 cm³/mol. The number of nitrogens with one attached hydrogen (secondary N) is 1. The van der Waals surface area contributed by atoms with E-state index >= 15 is 0 Å². The van der Waals surface area contributed by atoms with Crippen LogP contribution in [0.4, 0.5) is 4.39 Å². The van der Waals surface area contributed by atoms with Gasteiger partial charge in [-0.05, 0) is 30.3 Å². The van der Waals surface area contributed by atoms with E-state index in [9.17, 15) is 9.18 Å². The van der Waals surface area contributed by atoms with Gasteiger partial charge in [0.2, 0.25) is 0 Å². The molecule has 0 bridgehead atoms. The standard InChI is InChI=1S/C24H23FN4O4/c1-31-20-7-6-16(22(12-20)32-2)15-29-23-17(14-28-29)10-18(13-27-23)24(30)26-8-9-33-21-5-3-4-19(25)11-21/h3-7,10-14H,8-9,15H2,1-2H3,(H,26,30). The fourth-order valence-corrected chi connectivity index (χ4v) is 3.35. The highest BCUT2D eigenvalue weighted by Crippen LogP contribution is 2.26. The number of pyridine rings is 1. The maximum Gasteiger partial charge on any atom is 0.252 e. The highest BCUT2D eigenvalue weighted by Gasteiger charge is 2.13. The van der Waals surface area contributed by atoms with Crippen molar-refractivity contribution in [3.63, 3.8) is 0 Å². The number of ether oxygens (including phenoxy) is 3. The summed E-state index contributed by atoms with van der Waals surface area (Å²) in [6, 6.07) is 13.2. The summed E-state index contributed by atoms with van der Waals surface area (Å²) in [6.07, 6.45) is 3.18. The average molecular weight is 450 g/mol. The molecule has 0 saturated carbocycles. The fourth-order valence-electron chi connectivity index (χ4n) is 3.35. The van der Waals surface area contributed by atoms with Gasteiger partial charge in [0.15, 0.2) is 5.65 Å². The normalized spacial score (nSPS) is 10.8. The van der Waals surface area contributed by atoms with Crippen molar-refractivity contribution in [2.45, 2.75) is 6.54 Å². The van der Waals surface area contributed by atoms with Crippen LogP contribution >= 0.6 is 0 Å². The lowest BCUT2D eigenvalue weighted by Crippen LogP contribution is -2.28. The molecule has 1 amide bonds. The first-order chi connectivity index (χ1) is 16.1. The van der Waals surface area contributed by atoms with Crippen molar-refractivity contribution >= 4 is 16.9 Å². The Morgan fingerprint density at radius 3 is 2.73 bits per heavy atom. The molecule has 0 saturated heterocycles. The molecule has 4 rings (SSSR count). The number of hydrogen-bond acceptors (Lipinski definition) is 6. The van der Waals surface area contributed by atoms with Crippen molar-refractivity contribution in [1.82, 2.24) is 20.1 Å². The zero-order chi connectivity index (χ0) is 23.2. The van der Waals surface area contributed by atoms with Gasteiger partial charge in [0.05, 0.1) is 39.1 Å². The molecule has 0 radical (unpaired) electrons. The molecule has 8 nitrogen and oxygen atoms in total. The third-order valence-electron chi connectivity index (χ3n) is 5.00. The second-order valence-corrected chi connectivity index (χ2v) is 7.18. The Morgan fingerprint density at radius 2 is 1.94 bits per heavy atom. The molecule has 1 N–H and O–H groups in total. The van der Waals surface area contributed by atoms with Crippen LogP contribution in [0.3, 0.4) is 0 Å². The van der Waals surface area contributed by atoms with Crippen LogP contribution in [0.15, 0.2) is 60.9 Å². The van der Waals surface area contributed by atoms with Gasteiger partial charge in [-0.25, -0.2) is 14.1 Å². The predicted octanol–water partition coefficient (Wildman–Crippen LogP) is 3.44. The smallest absolute Gasteiger partial charge is 0.252 e. The summed E-state index contributed by atoms with van der Waals surface area (Å²) >= 11 is 0. The molecule has 9 heteroatoms. The Balaban J connectivity index is 1.39. The summed E-state index contributed by atoms with van der Waals surface area (Å²) in [5.41, 5.74) is 1.99. The zero-order valence-electron chi connectivity index (χ0n) is 18.2. The second kappa shape index (κ2) is 9.99. The van der Waals surface area contributed by atoms with Crippen molar-refractivity contribution in [1.29, 1.82) is 0 Å². The van der Waals surface area contributed by atoms with Crippen molar-refractivity contribution < 1.29 is 23.4 Å². The first-order valence-electron chi connectivity index (χ1n) is 10.3. The molecule has 0 spiro atoms. The number of nitrogens with zero attached hydrogens (tertiary/aromatic N) is 3. The molecule has 0 aliphatic heterocycles. The van der Waals surface area contributed by atoms with E-state index < -0.39 is 0 Å². The van der Waals surface area contributed by atoms with Crippen LogP contribution in [0.25, 0.3) is 11.0 Å². The molecular weight excluding hydrogens is 427 g/mol. The van der Waals surface area contributed by atoms with Gasteiger partial charge in [-0.1, -0.05) is 6.07 Å². The van der Waals surface area contributed by atoms with Crippen LogP contribution in [0, 0.1) is 5.82 Å². The van der Waals surface area contributed by atoms with Crippen LogP contribution in [0.5, 0.6) is 17.2 Å². The zero-order valence-corrected chi connectivity index (χ0v) is 18.2. The molecule has 0 atom stereocenters. The monoisotopic (exact) mass is 450 g/mol. The van der Waals surface area contributed by atoms with Gasteiger partial charge < -0.3 is 19.5 Å². The van der Waals surface area contributed by atoms with Crippen LogP contribution in [0.1, 0.15) is 15.9 Å². The van der Waals surface area contributed by atoms with Crippen molar-refractivity contribution in [2.24, 2.45) is 0 Å². The number of methoxy groups -OCH3 is 2. The van der Waals surface area contributed by atoms with E-state index in [2.05, 4.69) is 15.4 Å². The molecule has 0 aliphatic carbocycles. The van der Waals surface area contributed by atoms with Gasteiger partial charge in [-0.2, -0.15) is 5.10 Å². The minimum Gasteiger partial charge on any atom is -0.497 e. The molecule has 170 valence electrons. The topological polar surface area (TPSA) is 87.5 Å². The molecule has 2 heterocycles. The first kappa shape index (κ1) is 22.1. The number of hydrogen-bond donors (Lipinski definition) is 1. The molecule has 4 aromatic rings. The van der Waals surface area contributed by atoms with E-state index in [1.807, 2.05) is 18.2 Å². The Labute approximate surface area is 189 Å². The summed E-state index contributed by atoms with van der Waals surface area (Å²) in [5, 5.41) is 7.92. The molecule has 33 heavy (non-hydrogen) atoms. The lowest BCUT2D eigenvalue weighted by molar-refractivity contribution is 0.0946. The molecule has 2 aromatic heterocycles. The molecule has 0 aliphatic rings. The number of carbonyl (C=O) groups is 1. The van der Waals surface area contributed by atoms with E-state index in [1.165, 1.54) is 18.3 Å². The van der Waals surface area contributed by atoms with E-state index in [0.29, 0.717) is 35.0 Å². The van der Waals surface area contributed by atoms with E-state index in [4.69, 9.17) is 14.2 Å². The quantitative estimate of drug-likeness (QED) is 0.393. The number of aromatic nitrogens is 3. The first-order valence-corrected chi connectivity index (χ1v) is 10.3. The number of fused-ring (bicyclic) bond motifs is 1. The van der Waals surface area contributed by atoms with Gasteiger partial charge >= 0.3 is 0 Å². The van der Waals surface area contributed by atoms with Crippen LogP contribution in [0.2, 0.25) is 0 Å². The Hall–Kier alpha value is -4.14. The summed E-state index contributed by atoms with van der Waals surface area (Å²) in [7, 11) is 3.20. The van der Waals surface area contributed by atoms with Gasteiger partial charge in [-0.15, -0.1) is 0 Å². The Morgan fingerprint density at radius 1 is 1.06 bits per heavy atom. The van der Waals surface area contributed by atoms with Gasteiger partial charge in [0.25, 0.3) is 5.91 Å². The van der Waals surface area contributed by atoms with Crippen LogP contribution in [-0.2, 0) is 6.54 Å².